The van der Waals surface area contributed by atoms with Gasteiger partial charge in [-0.2, -0.15) is 110 Å². The number of nitriles is 3. The van der Waals surface area contributed by atoms with Crippen LogP contribution in [0.3, 0.4) is 0 Å². The fraction of sp³-hybridized carbons (Fsp3) is 0.211. The van der Waals surface area contributed by atoms with Crippen LogP contribution in [-0.2, 0) is 95.0 Å². The van der Waals surface area contributed by atoms with Crippen LogP contribution in [0, 0.1) is 34.0 Å². The summed E-state index contributed by atoms with van der Waals surface area (Å²) in [7, 11) is -6.52. The Morgan fingerprint density at radius 1 is 0.364 bits per heavy atom. The molecule has 0 saturated carbocycles. The number of ether oxygens (including phenoxy) is 3. The van der Waals surface area contributed by atoms with Crippen LogP contribution in [0.1, 0.15) is 67.5 Å². The van der Waals surface area contributed by atoms with E-state index in [0.717, 1.165) is 54.6 Å². The van der Waals surface area contributed by atoms with Gasteiger partial charge >= 0.3 is 44.9 Å². The highest BCUT2D eigenvalue weighted by molar-refractivity contribution is 7.48. The second kappa shape index (κ2) is 30.2. The molecule has 0 N–H and O–H groups in total. The minimum atomic E-state index is -6.52. The Labute approximate surface area is 591 Å². The number of rotatable bonds is 21. The molecular weight excluding hydrogens is 1580 g/mol. The number of benzene rings is 3. The van der Waals surface area contributed by atoms with Crippen molar-refractivity contribution in [3.63, 3.8) is 0 Å². The van der Waals surface area contributed by atoms with Gasteiger partial charge in [-0.1, -0.05) is 34.8 Å². The number of halogens is 21. The van der Waals surface area contributed by atoms with Crippen molar-refractivity contribution in [2.45, 2.75) is 76.9 Å². The number of aromatic nitrogens is 12. The summed E-state index contributed by atoms with van der Waals surface area (Å²) >= 11 is 17.7. The van der Waals surface area contributed by atoms with E-state index in [-0.39, 0.29) is 82.6 Å². The normalized spacial score (nSPS) is 12.4. The SMILES string of the molecule is N#Cc1cc(Cl)cc(Oc2c(C(F)(F)F)ncn(Cc3cc(C(F)(F)F)c(=O)n(COP(=O)(OCn4nc(Cn5cnc(C(F)(F)F)c(Oc6cc(Cl)cc(C#N)c6)c5=O)cc(C(F)(F)F)c4=O)OCn4nc(Cn5cnc(C(F)(F)F)c(Oc6cc(Cl)cc(C#N)c6)c5=O)cc(C(F)(F)F)c4=O)n3)c2=O)c1. The van der Waals surface area contributed by atoms with Crippen LogP contribution in [0.15, 0.2) is 121 Å². The molecule has 50 heteroatoms. The summed E-state index contributed by atoms with van der Waals surface area (Å²) in [5.74, 6) is -7.37. The summed E-state index contributed by atoms with van der Waals surface area (Å²) in [5, 5.41) is 37.5. The van der Waals surface area contributed by atoms with Crippen molar-refractivity contribution >= 4 is 42.6 Å². The third-order valence-corrected chi connectivity index (χ3v) is 15.4. The highest BCUT2D eigenvalue weighted by Crippen LogP contribution is 2.51. The van der Waals surface area contributed by atoms with Gasteiger partial charge in [0.05, 0.1) is 90.6 Å². The smallest absolute Gasteiger partial charge is 0.449 e. The molecule has 107 heavy (non-hydrogen) atoms. The maximum atomic E-state index is 14.9. The van der Waals surface area contributed by atoms with E-state index in [1.165, 1.54) is 0 Å². The minimum absolute atomic E-state index is 0.0669. The first-order valence-electron chi connectivity index (χ1n) is 27.9. The standard InChI is InChI=1S/C57H27Cl3F18N15O13P/c58-28-1-25(13-79)4-34(7-28)104-40-43(55(70,71)72)82-19-88(49(40)97)16-31-10-37(52(61,62)63)46(94)91(85-31)22-101-107(100,102-23-92-47(95)38(53(64,65)66)11-32(86-92)17-89-20-83-44(56(73,74)75)41(50(89)98)105-35-5-26(14-80)2-29(59)8-35)103-24-93-48(96)39(54(67,68)69)12-33(87-93)18-90-21-84-45(57(76,77)78)42(51(90)99)106-36-6-27(15-81)3-30(60)9-36/h1-12,19-21H,16-18,22-24H2. The van der Waals surface area contributed by atoms with Gasteiger partial charge in [0.2, 0.25) is 17.2 Å². The number of hydrogen-bond acceptors (Lipinski definition) is 22. The summed E-state index contributed by atoms with van der Waals surface area (Å²) in [6, 6.07) is 12.0. The second-order valence-electron chi connectivity index (χ2n) is 21.0. The molecule has 28 nitrogen and oxygen atoms in total. The number of hydrogen-bond donors (Lipinski definition) is 0. The third-order valence-electron chi connectivity index (χ3n) is 13.5. The van der Waals surface area contributed by atoms with Gasteiger partial charge in [0.25, 0.3) is 33.4 Å². The molecule has 9 rings (SSSR count). The van der Waals surface area contributed by atoms with Crippen LogP contribution in [-0.4, -0.2) is 58.0 Å². The van der Waals surface area contributed by atoms with Crippen LogP contribution in [0.25, 0.3) is 0 Å². The van der Waals surface area contributed by atoms with E-state index in [9.17, 15) is 128 Å². The van der Waals surface area contributed by atoms with E-state index in [4.69, 9.17) is 62.6 Å². The minimum Gasteiger partial charge on any atom is -0.449 e. The first-order valence-corrected chi connectivity index (χ1v) is 30.5. The summed E-state index contributed by atoms with van der Waals surface area (Å²) in [5.41, 5.74) is -31.0. The highest BCUT2D eigenvalue weighted by Gasteiger charge is 2.44. The third kappa shape index (κ3) is 18.8. The molecule has 0 radical (unpaired) electrons. The molecule has 0 fully saturated rings. The zero-order valence-electron chi connectivity index (χ0n) is 51.3. The van der Waals surface area contributed by atoms with E-state index in [0.29, 0.717) is 0 Å². The fourth-order valence-corrected chi connectivity index (χ4v) is 10.6. The van der Waals surface area contributed by atoms with Gasteiger partial charge in [-0.25, -0.2) is 33.6 Å². The largest absolute Gasteiger partial charge is 0.480 e. The zero-order valence-corrected chi connectivity index (χ0v) is 54.5. The quantitative estimate of drug-likeness (QED) is 0.0476. The lowest BCUT2D eigenvalue weighted by Gasteiger charge is -2.21. The van der Waals surface area contributed by atoms with Crippen molar-refractivity contribution < 1.29 is 111 Å². The monoisotopic (exact) mass is 1610 g/mol. The Kier molecular flexibility index (Phi) is 22.5. The predicted molar refractivity (Wildman–Crippen MR) is 318 cm³/mol. The van der Waals surface area contributed by atoms with Crippen LogP contribution in [0.5, 0.6) is 34.5 Å². The molecule has 0 saturated heterocycles. The fourth-order valence-electron chi connectivity index (χ4n) is 8.95. The van der Waals surface area contributed by atoms with Crippen molar-refractivity contribution in [1.29, 1.82) is 15.8 Å². The lowest BCUT2D eigenvalue weighted by atomic mass is 10.2. The number of phosphoric ester groups is 1. The summed E-state index contributed by atoms with van der Waals surface area (Å²) < 4.78 is 306. The lowest BCUT2D eigenvalue weighted by Crippen LogP contribution is -2.35. The van der Waals surface area contributed by atoms with Crippen molar-refractivity contribution in [3.8, 4) is 52.7 Å². The van der Waals surface area contributed by atoms with Crippen LogP contribution in [0.2, 0.25) is 15.1 Å². The van der Waals surface area contributed by atoms with Gasteiger partial charge in [0.15, 0.2) is 37.3 Å². The van der Waals surface area contributed by atoms with Crippen LogP contribution < -0.4 is 47.6 Å². The molecule has 0 amide bonds. The Morgan fingerprint density at radius 2 is 0.607 bits per heavy atom. The summed E-state index contributed by atoms with van der Waals surface area (Å²) in [6.07, 6.45) is -34.1. The number of nitrogens with zero attached hydrogens (tertiary/aromatic N) is 15. The predicted octanol–water partition coefficient (Wildman–Crippen LogP) is 11.7. The van der Waals surface area contributed by atoms with E-state index >= 15 is 0 Å². The maximum Gasteiger partial charge on any atom is 0.480 e. The van der Waals surface area contributed by atoms with Crippen molar-refractivity contribution in [3.05, 3.63) is 237 Å². The van der Waals surface area contributed by atoms with Crippen LogP contribution in [0.4, 0.5) is 79.0 Å². The van der Waals surface area contributed by atoms with E-state index < -0.39 is 217 Å². The number of alkyl halides is 18. The first-order chi connectivity index (χ1) is 49.7. The van der Waals surface area contributed by atoms with Gasteiger partial charge < -0.3 is 14.2 Å². The first kappa shape index (κ1) is 79.6. The molecule has 0 spiro atoms. The molecule has 6 heterocycles. The Morgan fingerprint density at radius 3 is 0.822 bits per heavy atom. The van der Waals surface area contributed by atoms with Gasteiger partial charge in [-0.05, 0) is 72.8 Å². The molecular formula is C57H27Cl3F18N15O13P. The lowest BCUT2D eigenvalue weighted by molar-refractivity contribution is -0.143. The highest BCUT2D eigenvalue weighted by atomic mass is 35.5. The van der Waals surface area contributed by atoms with Gasteiger partial charge in [-0.15, -0.1) is 0 Å². The molecule has 0 aliphatic rings. The molecule has 6 aromatic heterocycles. The topological polar surface area (TPSA) is 353 Å². The molecule has 9 aromatic rings. The summed E-state index contributed by atoms with van der Waals surface area (Å²) in [6.45, 7) is -11.0. The van der Waals surface area contributed by atoms with Gasteiger partial charge in [0, 0.05) is 15.1 Å². The maximum absolute atomic E-state index is 14.9. The van der Waals surface area contributed by atoms with Crippen molar-refractivity contribution in [1.82, 2.24) is 58.0 Å². The average molecular weight is 1610 g/mol. The molecule has 0 aliphatic carbocycles. The van der Waals surface area contributed by atoms with Crippen molar-refractivity contribution in [2.24, 2.45) is 0 Å². The summed E-state index contributed by atoms with van der Waals surface area (Å²) in [4.78, 5) is 91.4. The molecule has 0 atom stereocenters. The molecule has 0 aliphatic heterocycles. The average Bonchev–Trinajstić information content (AvgIpc) is 0.787. The second-order valence-corrected chi connectivity index (χ2v) is 24.0. The molecule has 0 unspecified atom stereocenters. The Hall–Kier alpha value is -11.5. The molecule has 3 aromatic carbocycles. The van der Waals surface area contributed by atoms with E-state index in [2.05, 4.69) is 30.2 Å². The zero-order chi connectivity index (χ0) is 79.0. The van der Waals surface area contributed by atoms with Gasteiger partial charge in [-0.3, -0.25) is 56.0 Å². The Balaban J connectivity index is 1.14. The van der Waals surface area contributed by atoms with E-state index in [1.807, 2.05) is 0 Å². The molecule has 560 valence electrons. The van der Waals surface area contributed by atoms with Crippen molar-refractivity contribution in [2.75, 3.05) is 0 Å². The van der Waals surface area contributed by atoms with Crippen LogP contribution >= 0.6 is 42.6 Å². The molecule has 0 bridgehead atoms. The Bertz CT molecular complexity index is 5090. The van der Waals surface area contributed by atoms with E-state index in [1.54, 1.807) is 18.2 Å². The number of phosphoric acid groups is 1. The van der Waals surface area contributed by atoms with Gasteiger partial charge in [0.1, 0.15) is 33.9 Å².